The number of fused-ring (bicyclic) bond motifs is 4. The molecule has 1 aromatic heterocycles. The molecule has 6 rings (SSSR count). The second-order valence-electron chi connectivity index (χ2n) is 7.18. The minimum atomic E-state index is -1.00. The Hall–Kier alpha value is -4.79. The van der Waals surface area contributed by atoms with E-state index < -0.39 is 17.1 Å². The summed E-state index contributed by atoms with van der Waals surface area (Å²) in [5, 5.41) is 0. The first kappa shape index (κ1) is 20.1. The molecule has 1 aromatic rings. The van der Waals surface area contributed by atoms with Gasteiger partial charge in [-0.15, -0.1) is 0 Å². The summed E-state index contributed by atoms with van der Waals surface area (Å²) < 4.78 is 12.0. The molecule has 0 aromatic carbocycles. The number of rotatable bonds is 0. The predicted molar refractivity (Wildman–Crippen MR) is 126 cm³/mol. The number of halogens is 1. The van der Waals surface area contributed by atoms with Crippen molar-refractivity contribution in [3.63, 3.8) is 0 Å². The van der Waals surface area contributed by atoms with E-state index in [1.807, 2.05) is 77.9 Å². The topological polar surface area (TPSA) is 115 Å². The van der Waals surface area contributed by atoms with Crippen LogP contribution in [0.1, 0.15) is 0 Å². The quantitative estimate of drug-likeness (QED) is 0.648. The van der Waals surface area contributed by atoms with Crippen molar-refractivity contribution >= 4 is 22.8 Å². The molecule has 0 saturated carbocycles. The second kappa shape index (κ2) is 8.39. The van der Waals surface area contributed by atoms with Gasteiger partial charge in [0.25, 0.3) is 5.56 Å². The highest BCUT2D eigenvalue weighted by molar-refractivity contribution is 6.14. The average Bonchev–Trinajstić information content (AvgIpc) is 3.57. The highest BCUT2D eigenvalue weighted by Crippen LogP contribution is 2.20. The van der Waals surface area contributed by atoms with Gasteiger partial charge in [-0.3, -0.25) is 9.78 Å². The zero-order valence-corrected chi connectivity index (χ0v) is 17.0. The van der Waals surface area contributed by atoms with Crippen molar-refractivity contribution in [2.45, 2.75) is 0 Å². The highest BCUT2D eigenvalue weighted by atomic mass is 19.1. The largest absolute Gasteiger partial charge is 0.325 e. The van der Waals surface area contributed by atoms with Crippen molar-refractivity contribution in [1.82, 2.24) is 9.97 Å². The van der Waals surface area contributed by atoms with Crippen molar-refractivity contribution < 1.29 is 4.39 Å². The van der Waals surface area contributed by atoms with Gasteiger partial charge in [0.2, 0.25) is 5.82 Å². The molecule has 6 heterocycles. The molecule has 5 aliphatic heterocycles. The molecule has 0 spiro atoms. The second-order valence-corrected chi connectivity index (χ2v) is 7.18. The van der Waals surface area contributed by atoms with Gasteiger partial charge >= 0.3 is 5.69 Å². The Morgan fingerprint density at radius 2 is 0.939 bits per heavy atom. The van der Waals surface area contributed by atoms with Crippen molar-refractivity contribution in [3.05, 3.63) is 129 Å². The van der Waals surface area contributed by atoms with Gasteiger partial charge in [0.05, 0.1) is 45.6 Å². The normalized spacial score (nSPS) is 19.1. The number of H-pyrrole nitrogens is 2. The molecular formula is C24H15FN6O2. The molecule has 8 nitrogen and oxygen atoms in total. The fourth-order valence-electron chi connectivity index (χ4n) is 3.22. The van der Waals surface area contributed by atoms with E-state index in [9.17, 15) is 14.0 Å². The van der Waals surface area contributed by atoms with Crippen molar-refractivity contribution in [2.24, 2.45) is 20.0 Å². The van der Waals surface area contributed by atoms with Crippen LogP contribution in [0.25, 0.3) is 0 Å². The summed E-state index contributed by atoms with van der Waals surface area (Å²) in [6.07, 6.45) is 24.5. The summed E-state index contributed by atoms with van der Waals surface area (Å²) in [6, 6.07) is 0. The van der Waals surface area contributed by atoms with Gasteiger partial charge in [-0.1, -0.05) is 0 Å². The third-order valence-electron chi connectivity index (χ3n) is 4.69. The van der Waals surface area contributed by atoms with E-state index in [0.717, 1.165) is 45.6 Å². The van der Waals surface area contributed by atoms with E-state index >= 15 is 0 Å². The fourth-order valence-corrected chi connectivity index (χ4v) is 3.22. The van der Waals surface area contributed by atoms with Crippen LogP contribution in [0.4, 0.5) is 4.39 Å². The summed E-state index contributed by atoms with van der Waals surface area (Å²) in [4.78, 5) is 42.4. The van der Waals surface area contributed by atoms with E-state index in [2.05, 4.69) is 20.0 Å². The van der Waals surface area contributed by atoms with E-state index in [1.165, 1.54) is 0 Å². The predicted octanol–water partition coefficient (Wildman–Crippen LogP) is 2.78. The zero-order valence-electron chi connectivity index (χ0n) is 17.0. The average molecular weight is 438 g/mol. The summed E-state index contributed by atoms with van der Waals surface area (Å²) in [5.74, 6) is -0.991. The Balaban J connectivity index is 0.000000215. The number of hydrogen-bond donors (Lipinski definition) is 2. The summed E-state index contributed by atoms with van der Waals surface area (Å²) in [7, 11) is 0. The minimum Gasteiger partial charge on any atom is -0.311 e. The van der Waals surface area contributed by atoms with E-state index in [1.54, 1.807) is 4.98 Å². The van der Waals surface area contributed by atoms with Crippen molar-refractivity contribution in [3.8, 4) is 0 Å². The molecule has 8 bridgehead atoms. The Bertz CT molecular complexity index is 1360. The molecule has 0 saturated heterocycles. The van der Waals surface area contributed by atoms with Gasteiger partial charge in [-0.2, -0.15) is 4.39 Å². The van der Waals surface area contributed by atoms with Crippen LogP contribution in [0, 0.1) is 5.82 Å². The van der Waals surface area contributed by atoms with Gasteiger partial charge in [0, 0.05) is 6.20 Å². The van der Waals surface area contributed by atoms with E-state index in [-0.39, 0.29) is 0 Å². The third kappa shape index (κ3) is 4.77. The van der Waals surface area contributed by atoms with Crippen LogP contribution >= 0.6 is 0 Å². The minimum absolute atomic E-state index is 0.707. The zero-order chi connectivity index (χ0) is 22.8. The van der Waals surface area contributed by atoms with Gasteiger partial charge < -0.3 is 4.98 Å². The van der Waals surface area contributed by atoms with Gasteiger partial charge in [-0.25, -0.2) is 24.8 Å². The Kier molecular flexibility index (Phi) is 5.12. The maximum atomic E-state index is 12.0. The SMILES string of the molecule is C1=CC2=NC1=CC1=NC(=CC3=NC(=CC4=NC(=C2)C=C4)C=C3)C=C1.O=c1[nH]cc(F)c(=O)[nH]1. The number of hydrogen-bond acceptors (Lipinski definition) is 6. The monoisotopic (exact) mass is 438 g/mol. The van der Waals surface area contributed by atoms with Crippen LogP contribution in [0.15, 0.2) is 131 Å². The number of allylic oxidation sites excluding steroid dienone is 12. The Morgan fingerprint density at radius 1 is 0.576 bits per heavy atom. The molecule has 0 aliphatic carbocycles. The van der Waals surface area contributed by atoms with Crippen LogP contribution < -0.4 is 11.2 Å². The first-order valence-corrected chi connectivity index (χ1v) is 9.92. The van der Waals surface area contributed by atoms with Gasteiger partial charge in [0.1, 0.15) is 0 Å². The van der Waals surface area contributed by atoms with E-state index in [0.29, 0.717) is 6.20 Å². The molecule has 2 N–H and O–H groups in total. The fraction of sp³-hybridized carbons (Fsp3) is 0. The van der Waals surface area contributed by atoms with Crippen LogP contribution in [0.2, 0.25) is 0 Å². The molecule has 9 heteroatoms. The standard InChI is InChI=1S/C20H12N4.C4H3FN2O2/c1-2-14-10-16-5-6-18(23-16)12-20-8-7-19(24-20)11-17-4-3-15(22-17)9-13(1)21-14;5-2-1-6-4(9)7-3(2)8/h1-12H;1H,(H2,6,7,8,9). The molecule has 5 aliphatic rings. The lowest BCUT2D eigenvalue weighted by molar-refractivity contribution is 0.597. The molecule has 0 atom stereocenters. The maximum Gasteiger partial charge on any atom is 0.325 e. The molecule has 160 valence electrons. The van der Waals surface area contributed by atoms with Crippen LogP contribution in [0.3, 0.4) is 0 Å². The summed E-state index contributed by atoms with van der Waals surface area (Å²) in [6.45, 7) is 0. The molecule has 0 radical (unpaired) electrons. The maximum absolute atomic E-state index is 12.0. The molecule has 0 amide bonds. The first-order valence-electron chi connectivity index (χ1n) is 9.92. The number of aliphatic imine (C=N–C) groups is 4. The number of nitrogens with one attached hydrogen (secondary N) is 2. The van der Waals surface area contributed by atoms with Crippen LogP contribution in [-0.2, 0) is 0 Å². The van der Waals surface area contributed by atoms with Crippen molar-refractivity contribution in [2.75, 3.05) is 0 Å². The molecule has 0 fully saturated rings. The molecule has 0 unspecified atom stereocenters. The van der Waals surface area contributed by atoms with E-state index in [4.69, 9.17) is 0 Å². The number of aromatic nitrogens is 2. The summed E-state index contributed by atoms with van der Waals surface area (Å²) >= 11 is 0. The number of nitrogens with zero attached hydrogens (tertiary/aromatic N) is 4. The Labute approximate surface area is 186 Å². The molecule has 33 heavy (non-hydrogen) atoms. The molecular weight excluding hydrogens is 423 g/mol. The summed E-state index contributed by atoms with van der Waals surface area (Å²) in [5.41, 5.74) is 5.44. The van der Waals surface area contributed by atoms with Crippen LogP contribution in [0.5, 0.6) is 0 Å². The third-order valence-corrected chi connectivity index (χ3v) is 4.69. The van der Waals surface area contributed by atoms with Gasteiger partial charge in [-0.05, 0) is 72.9 Å². The lowest BCUT2D eigenvalue weighted by atomic mass is 10.2. The van der Waals surface area contributed by atoms with Crippen molar-refractivity contribution in [1.29, 1.82) is 0 Å². The highest BCUT2D eigenvalue weighted by Gasteiger charge is 2.11. The lowest BCUT2D eigenvalue weighted by Gasteiger charge is -1.94. The van der Waals surface area contributed by atoms with Crippen LogP contribution in [-0.4, -0.2) is 32.8 Å². The lowest BCUT2D eigenvalue weighted by Crippen LogP contribution is -2.23. The smallest absolute Gasteiger partial charge is 0.311 e. The first-order chi connectivity index (χ1) is 16.0. The number of aromatic amines is 2. The van der Waals surface area contributed by atoms with Gasteiger partial charge in [0.15, 0.2) is 0 Å². The Morgan fingerprint density at radius 3 is 1.24 bits per heavy atom.